The lowest BCUT2D eigenvalue weighted by Gasteiger charge is -2.34. The van der Waals surface area contributed by atoms with Gasteiger partial charge in [0, 0.05) is 23.6 Å². The number of rotatable bonds is 3. The number of carbonyl (C=O) groups is 1. The quantitative estimate of drug-likeness (QED) is 0.679. The fraction of sp³-hybridized carbons (Fsp3) is 0.273. The third-order valence-electron chi connectivity index (χ3n) is 5.72. The molecule has 28 heavy (non-hydrogen) atoms. The number of methoxy groups -OCH3 is 1. The van der Waals surface area contributed by atoms with Crippen molar-refractivity contribution in [2.45, 2.75) is 31.6 Å². The van der Waals surface area contributed by atoms with Crippen molar-refractivity contribution in [1.29, 1.82) is 0 Å². The maximum absolute atomic E-state index is 13.3. The van der Waals surface area contributed by atoms with Crippen molar-refractivity contribution in [3.05, 3.63) is 74.7 Å². The number of allylic oxidation sites excluding steroid dienone is 2. The number of ether oxygens (including phenoxy) is 1. The van der Waals surface area contributed by atoms with Gasteiger partial charge in [-0.05, 0) is 59.3 Å². The van der Waals surface area contributed by atoms with E-state index in [9.17, 15) is 4.79 Å². The Bertz CT molecular complexity index is 1060. The predicted molar refractivity (Wildman–Crippen MR) is 108 cm³/mol. The summed E-state index contributed by atoms with van der Waals surface area (Å²) >= 11 is 1.64. The lowest BCUT2D eigenvalue weighted by atomic mass is 9.73. The largest absolute Gasteiger partial charge is 0.497 e. The zero-order valence-corrected chi connectivity index (χ0v) is 16.5. The first-order chi connectivity index (χ1) is 13.7. The SMILES string of the molecule is COc1ccc([C@@H]2CC(=O)C3=C(C2)Nc2onc(C)c2[C@H]3c2ccsc2)cc1. The highest BCUT2D eigenvalue weighted by atomic mass is 32.1. The van der Waals surface area contributed by atoms with Gasteiger partial charge in [-0.25, -0.2) is 0 Å². The van der Waals surface area contributed by atoms with Crippen LogP contribution in [0.4, 0.5) is 5.88 Å². The third-order valence-corrected chi connectivity index (χ3v) is 6.42. The Hall–Kier alpha value is -2.86. The average molecular weight is 392 g/mol. The van der Waals surface area contributed by atoms with E-state index in [-0.39, 0.29) is 17.6 Å². The van der Waals surface area contributed by atoms with Gasteiger partial charge in [-0.15, -0.1) is 0 Å². The molecule has 0 saturated heterocycles. The first-order valence-electron chi connectivity index (χ1n) is 9.31. The molecule has 1 aliphatic heterocycles. The van der Waals surface area contributed by atoms with Crippen molar-refractivity contribution in [3.63, 3.8) is 0 Å². The summed E-state index contributed by atoms with van der Waals surface area (Å²) < 4.78 is 10.8. The van der Waals surface area contributed by atoms with Crippen LogP contribution in [0, 0.1) is 6.92 Å². The molecule has 1 N–H and O–H groups in total. The molecule has 2 atom stereocenters. The molecule has 2 aliphatic rings. The minimum Gasteiger partial charge on any atom is -0.497 e. The normalized spacial score (nSPS) is 21.1. The molecule has 0 saturated carbocycles. The molecule has 1 aliphatic carbocycles. The number of benzene rings is 1. The number of aryl methyl sites for hydroxylation is 1. The molecule has 1 aromatic carbocycles. The number of thiophene rings is 1. The third kappa shape index (κ3) is 2.67. The van der Waals surface area contributed by atoms with Crippen LogP contribution in [-0.2, 0) is 4.79 Å². The molecule has 3 aromatic rings. The second-order valence-corrected chi connectivity index (χ2v) is 8.10. The van der Waals surface area contributed by atoms with E-state index >= 15 is 0 Å². The van der Waals surface area contributed by atoms with Crippen molar-refractivity contribution < 1.29 is 14.1 Å². The van der Waals surface area contributed by atoms with Gasteiger partial charge in [-0.2, -0.15) is 11.3 Å². The van der Waals surface area contributed by atoms with E-state index in [0.717, 1.165) is 45.8 Å². The number of nitrogens with zero attached hydrogens (tertiary/aromatic N) is 1. The minimum absolute atomic E-state index is 0.104. The number of nitrogens with one attached hydrogen (secondary N) is 1. The van der Waals surface area contributed by atoms with Crippen molar-refractivity contribution >= 4 is 23.0 Å². The molecule has 0 spiro atoms. The van der Waals surface area contributed by atoms with Crippen LogP contribution < -0.4 is 10.1 Å². The summed E-state index contributed by atoms with van der Waals surface area (Å²) in [7, 11) is 1.66. The second-order valence-electron chi connectivity index (χ2n) is 7.32. The summed E-state index contributed by atoms with van der Waals surface area (Å²) in [5.41, 5.74) is 5.90. The van der Waals surface area contributed by atoms with Crippen LogP contribution in [0.1, 0.15) is 47.1 Å². The van der Waals surface area contributed by atoms with Gasteiger partial charge >= 0.3 is 0 Å². The summed E-state index contributed by atoms with van der Waals surface area (Å²) in [5.74, 6) is 1.71. The molecule has 0 amide bonds. The topological polar surface area (TPSA) is 64.4 Å². The average Bonchev–Trinajstić information content (AvgIpc) is 3.37. The van der Waals surface area contributed by atoms with Gasteiger partial charge in [-0.3, -0.25) is 4.79 Å². The molecule has 0 bridgehead atoms. The van der Waals surface area contributed by atoms with Crippen molar-refractivity contribution in [2.24, 2.45) is 0 Å². The Morgan fingerprint density at radius 3 is 2.71 bits per heavy atom. The monoisotopic (exact) mass is 392 g/mol. The Kier molecular flexibility index (Phi) is 4.09. The Morgan fingerprint density at radius 1 is 1.18 bits per heavy atom. The lowest BCUT2D eigenvalue weighted by Crippen LogP contribution is -2.29. The number of fused-ring (bicyclic) bond motifs is 1. The van der Waals surface area contributed by atoms with Crippen LogP contribution in [-0.4, -0.2) is 18.0 Å². The maximum Gasteiger partial charge on any atom is 0.233 e. The Morgan fingerprint density at radius 2 is 2.00 bits per heavy atom. The van der Waals surface area contributed by atoms with Crippen LogP contribution in [0.15, 0.2) is 56.9 Å². The Balaban J connectivity index is 1.56. The number of carbonyl (C=O) groups excluding carboxylic acids is 1. The van der Waals surface area contributed by atoms with Gasteiger partial charge < -0.3 is 14.6 Å². The van der Waals surface area contributed by atoms with Gasteiger partial charge in [0.05, 0.1) is 18.4 Å². The zero-order valence-electron chi connectivity index (χ0n) is 15.7. The maximum atomic E-state index is 13.3. The Labute approximate surface area is 167 Å². The van der Waals surface area contributed by atoms with E-state index < -0.39 is 0 Å². The molecule has 142 valence electrons. The number of hydrogen-bond donors (Lipinski definition) is 1. The van der Waals surface area contributed by atoms with Gasteiger partial charge in [0.25, 0.3) is 0 Å². The van der Waals surface area contributed by atoms with E-state index in [4.69, 9.17) is 9.26 Å². The molecule has 0 radical (unpaired) electrons. The molecule has 3 heterocycles. The molecular formula is C22H20N2O3S. The van der Waals surface area contributed by atoms with Crippen LogP contribution in [0.25, 0.3) is 0 Å². The fourth-order valence-electron chi connectivity index (χ4n) is 4.36. The first-order valence-corrected chi connectivity index (χ1v) is 10.3. The minimum atomic E-state index is -0.104. The zero-order chi connectivity index (χ0) is 19.3. The summed E-state index contributed by atoms with van der Waals surface area (Å²) in [5, 5.41) is 11.7. The fourth-order valence-corrected chi connectivity index (χ4v) is 5.04. The lowest BCUT2D eigenvalue weighted by molar-refractivity contribution is -0.116. The highest BCUT2D eigenvalue weighted by Crippen LogP contribution is 2.49. The van der Waals surface area contributed by atoms with Crippen LogP contribution >= 0.6 is 11.3 Å². The smallest absolute Gasteiger partial charge is 0.233 e. The molecule has 2 aromatic heterocycles. The van der Waals surface area contributed by atoms with Crippen LogP contribution in [0.5, 0.6) is 5.75 Å². The second kappa shape index (κ2) is 6.63. The molecule has 6 heteroatoms. The van der Waals surface area contributed by atoms with E-state index in [1.165, 1.54) is 0 Å². The number of aromatic nitrogens is 1. The number of anilines is 1. The van der Waals surface area contributed by atoms with Gasteiger partial charge in [-0.1, -0.05) is 17.3 Å². The molecule has 0 unspecified atom stereocenters. The highest BCUT2D eigenvalue weighted by molar-refractivity contribution is 7.08. The summed E-state index contributed by atoms with van der Waals surface area (Å²) in [6.45, 7) is 1.93. The molecular weight excluding hydrogens is 372 g/mol. The van der Waals surface area contributed by atoms with Crippen molar-refractivity contribution in [2.75, 3.05) is 12.4 Å². The standard InChI is InChI=1S/C22H20N2O3S/c1-12-19-20(14-7-8-28-11-14)21-17(23-22(19)27-24-12)9-15(10-18(21)25)13-3-5-16(26-2)6-4-13/h3-8,11,15,20,23H,9-10H2,1-2H3/t15-,20+/m0/s1. The summed E-state index contributed by atoms with van der Waals surface area (Å²) in [4.78, 5) is 13.3. The summed E-state index contributed by atoms with van der Waals surface area (Å²) in [6.07, 6.45) is 1.28. The van der Waals surface area contributed by atoms with Crippen molar-refractivity contribution in [1.82, 2.24) is 5.16 Å². The summed E-state index contributed by atoms with van der Waals surface area (Å²) in [6, 6.07) is 10.1. The van der Waals surface area contributed by atoms with Crippen LogP contribution in [0.2, 0.25) is 0 Å². The molecule has 0 fully saturated rings. The van der Waals surface area contributed by atoms with E-state index in [0.29, 0.717) is 12.3 Å². The molecule has 5 rings (SSSR count). The number of hydrogen-bond acceptors (Lipinski definition) is 6. The highest BCUT2D eigenvalue weighted by Gasteiger charge is 2.41. The van der Waals surface area contributed by atoms with Gasteiger partial charge in [0.1, 0.15) is 5.75 Å². The van der Waals surface area contributed by atoms with E-state index in [1.807, 2.05) is 36.6 Å². The number of Topliss-reactive ketones (excluding diaryl/α,β-unsaturated/α-hetero) is 1. The van der Waals surface area contributed by atoms with Gasteiger partial charge in [0.2, 0.25) is 5.88 Å². The predicted octanol–water partition coefficient (Wildman–Crippen LogP) is 5.01. The van der Waals surface area contributed by atoms with Crippen molar-refractivity contribution in [3.8, 4) is 5.75 Å². The first kappa shape index (κ1) is 17.3. The molecule has 5 nitrogen and oxygen atoms in total. The number of ketones is 1. The van der Waals surface area contributed by atoms with Gasteiger partial charge in [0.15, 0.2) is 5.78 Å². The van der Waals surface area contributed by atoms with E-state index in [2.05, 4.69) is 21.9 Å². The van der Waals surface area contributed by atoms with E-state index in [1.54, 1.807) is 18.4 Å². The van der Waals surface area contributed by atoms with Crippen LogP contribution in [0.3, 0.4) is 0 Å².